The van der Waals surface area contributed by atoms with Crippen LogP contribution in [-0.2, 0) is 0 Å². The zero-order valence-corrected chi connectivity index (χ0v) is 8.80. The molecule has 2 N–H and O–H groups in total. The van der Waals surface area contributed by atoms with Crippen LogP contribution in [0.3, 0.4) is 0 Å². The molecule has 1 rings (SSSR count). The molecular weight excluding hydrogens is 158 g/mol. The molecule has 13 heavy (non-hydrogen) atoms. The molecule has 0 atom stereocenters. The van der Waals surface area contributed by atoms with Gasteiger partial charge in [-0.2, -0.15) is 0 Å². The van der Waals surface area contributed by atoms with Crippen molar-refractivity contribution in [1.29, 1.82) is 0 Å². The summed E-state index contributed by atoms with van der Waals surface area (Å²) in [6, 6.07) is 0. The van der Waals surface area contributed by atoms with Crippen LogP contribution in [0.15, 0.2) is 35.1 Å². The largest absolute Gasteiger partial charge is 0.402 e. The summed E-state index contributed by atoms with van der Waals surface area (Å²) in [6.45, 7) is 6.57. The normalized spacial score (nSPS) is 17.7. The lowest BCUT2D eigenvalue weighted by Crippen LogP contribution is -2.04. The quantitative estimate of drug-likeness (QED) is 0.689. The van der Waals surface area contributed by atoms with E-state index >= 15 is 0 Å². The van der Waals surface area contributed by atoms with Gasteiger partial charge in [0.1, 0.15) is 0 Å². The number of hydrogen-bond donors (Lipinski definition) is 1. The molecule has 0 radical (unpaired) electrons. The lowest BCUT2D eigenvalue weighted by atomic mass is 9.98. The molecule has 0 unspecified atom stereocenters. The molecule has 0 amide bonds. The van der Waals surface area contributed by atoms with Crippen molar-refractivity contribution in [3.05, 3.63) is 35.1 Å². The van der Waals surface area contributed by atoms with Crippen LogP contribution >= 0.6 is 0 Å². The molecule has 1 heteroatoms. The van der Waals surface area contributed by atoms with Crippen molar-refractivity contribution in [2.24, 2.45) is 11.7 Å². The SMILES string of the molecule is CCC1=C(N)CC(C(C)C)=CC=C1. The van der Waals surface area contributed by atoms with Gasteiger partial charge in [0.2, 0.25) is 0 Å². The summed E-state index contributed by atoms with van der Waals surface area (Å²) in [4.78, 5) is 0. The van der Waals surface area contributed by atoms with Crippen LogP contribution in [0.1, 0.15) is 33.6 Å². The predicted octanol–water partition coefficient (Wildman–Crippen LogP) is 3.15. The number of nitrogens with two attached hydrogens (primary N) is 1. The number of allylic oxidation sites excluding steroid dienone is 5. The molecule has 0 aromatic heterocycles. The van der Waals surface area contributed by atoms with Crippen LogP contribution < -0.4 is 5.73 Å². The second-order valence-corrected chi connectivity index (χ2v) is 3.84. The van der Waals surface area contributed by atoms with Crippen molar-refractivity contribution in [3.8, 4) is 0 Å². The van der Waals surface area contributed by atoms with Crippen molar-refractivity contribution in [2.45, 2.75) is 33.6 Å². The van der Waals surface area contributed by atoms with Gasteiger partial charge in [-0.15, -0.1) is 0 Å². The van der Waals surface area contributed by atoms with Crippen LogP contribution in [0.5, 0.6) is 0 Å². The summed E-state index contributed by atoms with van der Waals surface area (Å²) in [5.41, 5.74) is 9.76. The van der Waals surface area contributed by atoms with Gasteiger partial charge in [0.15, 0.2) is 0 Å². The Hall–Kier alpha value is -0.980. The fraction of sp³-hybridized carbons (Fsp3) is 0.500. The minimum atomic E-state index is 0.597. The van der Waals surface area contributed by atoms with Crippen molar-refractivity contribution >= 4 is 0 Å². The third-order valence-corrected chi connectivity index (χ3v) is 2.54. The van der Waals surface area contributed by atoms with E-state index < -0.39 is 0 Å². The Bertz CT molecular complexity index is 267. The highest BCUT2D eigenvalue weighted by atomic mass is 14.6. The monoisotopic (exact) mass is 177 g/mol. The summed E-state index contributed by atoms with van der Waals surface area (Å²) < 4.78 is 0. The first-order chi connectivity index (χ1) is 6.15. The van der Waals surface area contributed by atoms with E-state index in [2.05, 4.69) is 39.0 Å². The van der Waals surface area contributed by atoms with Gasteiger partial charge in [0.05, 0.1) is 0 Å². The van der Waals surface area contributed by atoms with Crippen LogP contribution in [0, 0.1) is 5.92 Å². The molecule has 0 spiro atoms. The van der Waals surface area contributed by atoms with Crippen molar-refractivity contribution in [2.75, 3.05) is 0 Å². The van der Waals surface area contributed by atoms with E-state index in [1.807, 2.05) is 0 Å². The molecule has 0 aromatic carbocycles. The fourth-order valence-corrected chi connectivity index (χ4v) is 1.53. The topological polar surface area (TPSA) is 26.0 Å². The molecule has 0 fully saturated rings. The molecule has 0 heterocycles. The standard InChI is InChI=1S/C12H19N/c1-4-10-6-5-7-11(9(2)3)8-12(10)13/h5-7,9H,4,8,13H2,1-3H3. The zero-order valence-electron chi connectivity index (χ0n) is 8.80. The van der Waals surface area contributed by atoms with Crippen molar-refractivity contribution in [1.82, 2.24) is 0 Å². The van der Waals surface area contributed by atoms with Crippen LogP contribution in [0.4, 0.5) is 0 Å². The van der Waals surface area contributed by atoms with Gasteiger partial charge in [-0.3, -0.25) is 0 Å². The van der Waals surface area contributed by atoms with Crippen molar-refractivity contribution in [3.63, 3.8) is 0 Å². The molecule has 1 aliphatic carbocycles. The molecule has 0 aliphatic heterocycles. The zero-order chi connectivity index (χ0) is 9.84. The Labute approximate surface area is 81.0 Å². The molecule has 0 aromatic rings. The first-order valence-electron chi connectivity index (χ1n) is 4.99. The lowest BCUT2D eigenvalue weighted by molar-refractivity contribution is 0.735. The maximum absolute atomic E-state index is 6.01. The Kier molecular flexibility index (Phi) is 3.35. The van der Waals surface area contributed by atoms with Gasteiger partial charge in [0.25, 0.3) is 0 Å². The van der Waals surface area contributed by atoms with E-state index in [-0.39, 0.29) is 0 Å². The average Bonchev–Trinajstić information content (AvgIpc) is 2.26. The molecule has 72 valence electrons. The summed E-state index contributed by atoms with van der Waals surface area (Å²) in [5.74, 6) is 0.597. The van der Waals surface area contributed by atoms with Crippen LogP contribution in [-0.4, -0.2) is 0 Å². The molecule has 1 aliphatic rings. The molecule has 1 nitrogen and oxygen atoms in total. The van der Waals surface area contributed by atoms with E-state index in [4.69, 9.17) is 5.73 Å². The number of rotatable bonds is 2. The predicted molar refractivity (Wildman–Crippen MR) is 58.2 cm³/mol. The number of hydrogen-bond acceptors (Lipinski definition) is 1. The summed E-state index contributed by atoms with van der Waals surface area (Å²) >= 11 is 0. The Morgan fingerprint density at radius 2 is 2.15 bits per heavy atom. The molecular formula is C12H19N. The molecule has 0 bridgehead atoms. The highest BCUT2D eigenvalue weighted by Crippen LogP contribution is 2.23. The van der Waals surface area contributed by atoms with Gasteiger partial charge in [0, 0.05) is 12.1 Å². The Morgan fingerprint density at radius 3 is 2.69 bits per heavy atom. The first kappa shape index (κ1) is 10.1. The fourth-order valence-electron chi connectivity index (χ4n) is 1.53. The Balaban J connectivity index is 2.87. The van der Waals surface area contributed by atoms with Gasteiger partial charge >= 0.3 is 0 Å². The second kappa shape index (κ2) is 4.31. The van der Waals surface area contributed by atoms with Gasteiger partial charge in [-0.25, -0.2) is 0 Å². The van der Waals surface area contributed by atoms with E-state index in [1.54, 1.807) is 0 Å². The van der Waals surface area contributed by atoms with Crippen LogP contribution in [0.25, 0.3) is 0 Å². The average molecular weight is 177 g/mol. The maximum atomic E-state index is 6.01. The summed E-state index contributed by atoms with van der Waals surface area (Å²) in [5, 5.41) is 0. The second-order valence-electron chi connectivity index (χ2n) is 3.84. The minimum Gasteiger partial charge on any atom is -0.402 e. The van der Waals surface area contributed by atoms with Gasteiger partial charge in [-0.1, -0.05) is 44.6 Å². The minimum absolute atomic E-state index is 0.597. The van der Waals surface area contributed by atoms with E-state index in [1.165, 1.54) is 11.1 Å². The summed E-state index contributed by atoms with van der Waals surface area (Å²) in [7, 11) is 0. The van der Waals surface area contributed by atoms with E-state index in [9.17, 15) is 0 Å². The summed E-state index contributed by atoms with van der Waals surface area (Å²) in [6.07, 6.45) is 8.41. The van der Waals surface area contributed by atoms with Crippen molar-refractivity contribution < 1.29 is 0 Å². The van der Waals surface area contributed by atoms with E-state index in [0.29, 0.717) is 5.92 Å². The van der Waals surface area contributed by atoms with Gasteiger partial charge in [-0.05, 0) is 17.9 Å². The van der Waals surface area contributed by atoms with Gasteiger partial charge < -0.3 is 5.73 Å². The molecule has 0 saturated heterocycles. The third kappa shape index (κ3) is 2.48. The first-order valence-corrected chi connectivity index (χ1v) is 4.99. The molecule has 0 saturated carbocycles. The highest BCUT2D eigenvalue weighted by Gasteiger charge is 2.08. The smallest absolute Gasteiger partial charge is 0.0154 e. The van der Waals surface area contributed by atoms with Crippen LogP contribution in [0.2, 0.25) is 0 Å². The lowest BCUT2D eigenvalue weighted by Gasteiger charge is -2.11. The maximum Gasteiger partial charge on any atom is 0.0154 e. The highest BCUT2D eigenvalue weighted by molar-refractivity contribution is 5.34. The Morgan fingerprint density at radius 1 is 1.46 bits per heavy atom. The third-order valence-electron chi connectivity index (χ3n) is 2.54. The van der Waals surface area contributed by atoms with E-state index in [0.717, 1.165) is 18.5 Å².